The number of urea groups is 2. The smallest absolute Gasteiger partial charge is 0.410 e. The number of ether oxygens (including phenoxy) is 2. The number of piperidine rings is 2. The highest BCUT2D eigenvalue weighted by atomic mass is 16.6. The van der Waals surface area contributed by atoms with E-state index in [-0.39, 0.29) is 43.2 Å². The van der Waals surface area contributed by atoms with E-state index in [1.165, 1.54) is 29.2 Å². The van der Waals surface area contributed by atoms with Crippen molar-refractivity contribution in [1.29, 1.82) is 0 Å². The lowest BCUT2D eigenvalue weighted by molar-refractivity contribution is -0.384. The number of nitro groups is 1. The van der Waals surface area contributed by atoms with Crippen molar-refractivity contribution in [3.8, 4) is 0 Å². The van der Waals surface area contributed by atoms with Crippen LogP contribution in [0.5, 0.6) is 0 Å². The van der Waals surface area contributed by atoms with Crippen LogP contribution in [-0.4, -0.2) is 99.2 Å². The molecular weight excluding hydrogens is 704 g/mol. The van der Waals surface area contributed by atoms with E-state index in [1.54, 1.807) is 70.7 Å². The van der Waals surface area contributed by atoms with Crippen molar-refractivity contribution in [1.82, 2.24) is 20.4 Å². The molecule has 4 fully saturated rings. The number of non-ortho nitro benzene ring substituents is 1. The minimum absolute atomic E-state index is 0.142. The van der Waals surface area contributed by atoms with Crippen molar-refractivity contribution in [3.05, 3.63) is 58.6 Å². The number of rotatable bonds is 3. The number of nitrogens with zero attached hydrogens (tertiary/aromatic N) is 5. The van der Waals surface area contributed by atoms with Crippen LogP contribution < -0.4 is 26.2 Å². The van der Waals surface area contributed by atoms with Crippen LogP contribution >= 0.6 is 0 Å². The summed E-state index contributed by atoms with van der Waals surface area (Å²) in [6.07, 6.45) is 0.293. The average Bonchev–Trinajstić information content (AvgIpc) is 3.46. The third kappa shape index (κ3) is 8.31. The Bertz CT molecular complexity index is 1850. The maximum Gasteiger partial charge on any atom is 0.410 e. The number of carbonyl (C=O) groups excluding carboxylic acids is 6. The second-order valence-electron chi connectivity index (χ2n) is 15.6. The molecule has 6 rings (SSSR count). The highest BCUT2D eigenvalue weighted by molar-refractivity contribution is 6.24. The largest absolute Gasteiger partial charge is 0.444 e. The first kappa shape index (κ1) is 39.3. The molecular formula is C36H46N8O10. The second kappa shape index (κ2) is 14.5. The molecule has 0 atom stereocenters. The molecule has 54 heavy (non-hydrogen) atoms. The molecule has 0 unspecified atom stereocenters. The first-order valence-electron chi connectivity index (χ1n) is 17.5. The summed E-state index contributed by atoms with van der Waals surface area (Å²) >= 11 is 0. The van der Waals surface area contributed by atoms with E-state index in [1.807, 2.05) is 0 Å². The average molecular weight is 751 g/mol. The first-order chi connectivity index (χ1) is 25.1. The van der Waals surface area contributed by atoms with Crippen molar-refractivity contribution in [3.63, 3.8) is 0 Å². The normalized spacial score (nSPS) is 19.3. The number of nitrogens with one attached hydrogen (secondary N) is 2. The molecule has 4 saturated heterocycles. The van der Waals surface area contributed by atoms with E-state index in [2.05, 4.69) is 10.6 Å². The molecule has 4 aliphatic heterocycles. The van der Waals surface area contributed by atoms with E-state index in [4.69, 9.17) is 15.2 Å². The number of carbonyl (C=O) groups is 6. The Kier molecular flexibility index (Phi) is 10.5. The van der Waals surface area contributed by atoms with Crippen molar-refractivity contribution in [2.45, 2.75) is 89.5 Å². The SMILES string of the molecule is CC(C)(C)OC(=O)N1CCC2(CC1)NC(=O)N(c1cccc(N)c1)C2=O.CC(C)(C)OC(=O)N1CCC2(CC1)NC(=O)N(c1cccc([N+](=O)[O-])c1)C2=O. The summed E-state index contributed by atoms with van der Waals surface area (Å²) in [7, 11) is 0. The van der Waals surface area contributed by atoms with E-state index >= 15 is 0 Å². The van der Waals surface area contributed by atoms with Crippen LogP contribution in [0.15, 0.2) is 48.5 Å². The molecule has 0 aromatic heterocycles. The number of amides is 8. The van der Waals surface area contributed by atoms with Crippen LogP contribution in [0.4, 0.5) is 41.9 Å². The van der Waals surface area contributed by atoms with Crippen LogP contribution in [-0.2, 0) is 19.1 Å². The molecule has 4 aliphatic rings. The van der Waals surface area contributed by atoms with Crippen molar-refractivity contribution >= 4 is 58.8 Å². The Morgan fingerprint density at radius 1 is 0.704 bits per heavy atom. The number of hydrogen-bond donors (Lipinski definition) is 3. The van der Waals surface area contributed by atoms with Crippen LogP contribution in [0.25, 0.3) is 0 Å². The minimum Gasteiger partial charge on any atom is -0.444 e. The maximum absolute atomic E-state index is 13.0. The summed E-state index contributed by atoms with van der Waals surface area (Å²) in [4.78, 5) is 90.8. The van der Waals surface area contributed by atoms with Crippen LogP contribution in [0.1, 0.15) is 67.2 Å². The van der Waals surface area contributed by atoms with E-state index in [9.17, 15) is 38.9 Å². The third-order valence-corrected chi connectivity index (χ3v) is 9.29. The molecule has 2 aromatic carbocycles. The van der Waals surface area contributed by atoms with E-state index in [0.29, 0.717) is 37.3 Å². The molecule has 18 nitrogen and oxygen atoms in total. The molecule has 2 spiro atoms. The summed E-state index contributed by atoms with van der Waals surface area (Å²) in [5.74, 6) is -0.779. The fraction of sp³-hybridized carbons (Fsp3) is 0.500. The van der Waals surface area contributed by atoms with Gasteiger partial charge in [0.2, 0.25) is 0 Å². The molecule has 18 heteroatoms. The number of anilines is 3. The molecule has 0 saturated carbocycles. The lowest BCUT2D eigenvalue weighted by Crippen LogP contribution is -2.56. The highest BCUT2D eigenvalue weighted by Gasteiger charge is 2.55. The quantitative estimate of drug-likeness (QED) is 0.171. The van der Waals surface area contributed by atoms with Crippen molar-refractivity contribution in [2.24, 2.45) is 0 Å². The van der Waals surface area contributed by atoms with E-state index < -0.39 is 57.4 Å². The van der Waals surface area contributed by atoms with Gasteiger partial charge in [0.1, 0.15) is 22.3 Å². The molecule has 4 N–H and O–H groups in total. The maximum atomic E-state index is 13.0. The Labute approximate surface area is 312 Å². The Balaban J connectivity index is 0.000000208. The zero-order chi connectivity index (χ0) is 39.8. The Morgan fingerprint density at radius 3 is 1.46 bits per heavy atom. The summed E-state index contributed by atoms with van der Waals surface area (Å²) in [5, 5.41) is 16.5. The summed E-state index contributed by atoms with van der Waals surface area (Å²) in [6.45, 7) is 11.9. The molecule has 290 valence electrons. The van der Waals surface area contributed by atoms with Gasteiger partial charge in [-0.15, -0.1) is 0 Å². The van der Waals surface area contributed by atoms with Gasteiger partial charge in [-0.2, -0.15) is 0 Å². The van der Waals surface area contributed by atoms with Crippen LogP contribution in [0.3, 0.4) is 0 Å². The van der Waals surface area contributed by atoms with Gasteiger partial charge in [-0.3, -0.25) is 19.7 Å². The monoisotopic (exact) mass is 750 g/mol. The third-order valence-electron chi connectivity index (χ3n) is 9.29. The van der Waals surface area contributed by atoms with Gasteiger partial charge in [0.15, 0.2) is 0 Å². The Hall–Kier alpha value is -5.94. The lowest BCUT2D eigenvalue weighted by atomic mass is 9.87. The predicted molar refractivity (Wildman–Crippen MR) is 196 cm³/mol. The van der Waals surface area contributed by atoms with Crippen LogP contribution in [0.2, 0.25) is 0 Å². The standard InChI is InChI=1S/C18H22N4O6.C18H24N4O4/c1-17(2,3)28-16(25)20-9-7-18(8-10-20)14(23)21(15(24)19-18)12-5-4-6-13(11-12)22(26)27;1-17(2,3)26-16(25)21-9-7-18(8-10-21)14(23)22(15(24)20-18)13-6-4-5-12(19)11-13/h4-6,11H,7-10H2,1-3H3,(H,19,24);4-6,11H,7-10,19H2,1-3H3,(H,20,24). The molecule has 0 bridgehead atoms. The first-order valence-corrected chi connectivity index (χ1v) is 17.5. The number of imide groups is 2. The predicted octanol–water partition coefficient (Wildman–Crippen LogP) is 4.52. The fourth-order valence-corrected chi connectivity index (χ4v) is 6.59. The van der Waals surface area contributed by atoms with Crippen molar-refractivity contribution in [2.75, 3.05) is 41.7 Å². The number of hydrogen-bond acceptors (Lipinski definition) is 11. The van der Waals surface area contributed by atoms with Crippen LogP contribution in [0, 0.1) is 10.1 Å². The van der Waals surface area contributed by atoms with Gasteiger partial charge in [0.05, 0.1) is 16.3 Å². The van der Waals surface area contributed by atoms with Gasteiger partial charge >= 0.3 is 24.2 Å². The van der Waals surface area contributed by atoms with Gasteiger partial charge in [0.25, 0.3) is 17.5 Å². The lowest BCUT2D eigenvalue weighted by Gasteiger charge is -2.37. The van der Waals surface area contributed by atoms with Gasteiger partial charge in [-0.05, 0) is 91.5 Å². The molecule has 8 amide bonds. The zero-order valence-corrected chi connectivity index (χ0v) is 31.2. The number of likely N-dealkylation sites (tertiary alicyclic amines) is 2. The highest BCUT2D eigenvalue weighted by Crippen LogP contribution is 2.35. The molecule has 2 aromatic rings. The minimum atomic E-state index is -1.12. The second-order valence-corrected chi connectivity index (χ2v) is 15.6. The molecule has 0 radical (unpaired) electrons. The van der Waals surface area contributed by atoms with Crippen molar-refractivity contribution < 1.29 is 43.2 Å². The fourth-order valence-electron chi connectivity index (χ4n) is 6.59. The summed E-state index contributed by atoms with van der Waals surface area (Å²) < 4.78 is 10.7. The van der Waals surface area contributed by atoms with E-state index in [0.717, 1.165) is 9.80 Å². The summed E-state index contributed by atoms with van der Waals surface area (Å²) in [5.41, 5.74) is 3.30. The Morgan fingerprint density at radius 2 is 1.09 bits per heavy atom. The number of nitrogens with two attached hydrogens (primary N) is 1. The van der Waals surface area contributed by atoms with Gasteiger partial charge in [-0.25, -0.2) is 29.0 Å². The number of nitro benzene ring substituents is 1. The molecule has 4 heterocycles. The molecule has 0 aliphatic carbocycles. The van der Waals surface area contributed by atoms with Gasteiger partial charge in [0, 0.05) is 44.0 Å². The number of benzene rings is 2. The zero-order valence-electron chi connectivity index (χ0n) is 31.2. The summed E-state index contributed by atoms with van der Waals surface area (Å²) in [6, 6.07) is 10.9. The number of nitrogen functional groups attached to an aromatic ring is 1. The van der Waals surface area contributed by atoms with Gasteiger partial charge < -0.3 is 35.6 Å². The topological polar surface area (TPSA) is 227 Å². The van der Waals surface area contributed by atoms with Gasteiger partial charge in [-0.1, -0.05) is 12.1 Å².